The van der Waals surface area contributed by atoms with Gasteiger partial charge in [0.25, 0.3) is 0 Å². The zero-order chi connectivity index (χ0) is 10.7. The smallest absolute Gasteiger partial charge is 0.321 e. The molecule has 0 fully saturated rings. The van der Waals surface area contributed by atoms with E-state index in [2.05, 4.69) is 0 Å². The van der Waals surface area contributed by atoms with Crippen molar-refractivity contribution in [3.05, 3.63) is 34.9 Å². The van der Waals surface area contributed by atoms with Crippen molar-refractivity contribution in [2.75, 3.05) is 0 Å². The Morgan fingerprint density at radius 3 is 2.36 bits per heavy atom. The first kappa shape index (κ1) is 11.1. The molecule has 1 aromatic rings. The van der Waals surface area contributed by atoms with Gasteiger partial charge in [-0.25, -0.2) is 0 Å². The van der Waals surface area contributed by atoms with Gasteiger partial charge in [-0.1, -0.05) is 18.2 Å². The van der Waals surface area contributed by atoms with Gasteiger partial charge in [0.2, 0.25) is 0 Å². The summed E-state index contributed by atoms with van der Waals surface area (Å²) in [5.74, 6) is -0.964. The van der Waals surface area contributed by atoms with Crippen LogP contribution in [0.3, 0.4) is 0 Å². The van der Waals surface area contributed by atoms with Gasteiger partial charge >= 0.3 is 5.97 Å². The number of aryl methyl sites for hydroxylation is 2. The van der Waals surface area contributed by atoms with Crippen LogP contribution in [-0.2, 0) is 11.2 Å². The topological polar surface area (TPSA) is 37.3 Å². The number of aliphatic carboxylic acids is 1. The lowest BCUT2D eigenvalue weighted by molar-refractivity contribution is -0.136. The Hall–Kier alpha value is -1.02. The highest BCUT2D eigenvalue weighted by molar-refractivity contribution is 6.29. The van der Waals surface area contributed by atoms with Crippen LogP contribution in [0, 0.1) is 13.8 Å². The van der Waals surface area contributed by atoms with Crippen LogP contribution < -0.4 is 0 Å². The van der Waals surface area contributed by atoms with E-state index in [0.29, 0.717) is 6.42 Å². The van der Waals surface area contributed by atoms with E-state index >= 15 is 0 Å². The lowest BCUT2D eigenvalue weighted by atomic mass is 9.98. The lowest BCUT2D eigenvalue weighted by Gasteiger charge is -2.10. The van der Waals surface area contributed by atoms with Gasteiger partial charge in [0.15, 0.2) is 0 Å². The van der Waals surface area contributed by atoms with Crippen LogP contribution in [0.2, 0.25) is 0 Å². The Morgan fingerprint density at radius 1 is 1.43 bits per heavy atom. The monoisotopic (exact) mass is 212 g/mol. The summed E-state index contributed by atoms with van der Waals surface area (Å²) in [7, 11) is 0. The van der Waals surface area contributed by atoms with Crippen molar-refractivity contribution < 1.29 is 9.90 Å². The van der Waals surface area contributed by atoms with Crippen molar-refractivity contribution in [1.82, 2.24) is 0 Å². The minimum absolute atomic E-state index is 0.384. The van der Waals surface area contributed by atoms with Gasteiger partial charge < -0.3 is 5.11 Å². The van der Waals surface area contributed by atoms with Gasteiger partial charge in [0.05, 0.1) is 0 Å². The first-order valence-electron chi connectivity index (χ1n) is 4.44. The largest absolute Gasteiger partial charge is 0.480 e. The van der Waals surface area contributed by atoms with E-state index < -0.39 is 11.3 Å². The van der Waals surface area contributed by atoms with Crippen molar-refractivity contribution in [2.45, 2.75) is 25.6 Å². The molecular formula is C11H13ClO2. The third-order valence-electron chi connectivity index (χ3n) is 2.30. The molecular weight excluding hydrogens is 200 g/mol. The number of benzene rings is 1. The molecule has 0 saturated carbocycles. The minimum Gasteiger partial charge on any atom is -0.480 e. The molecule has 1 unspecified atom stereocenters. The van der Waals surface area contributed by atoms with Crippen molar-refractivity contribution in [2.24, 2.45) is 0 Å². The van der Waals surface area contributed by atoms with Crippen molar-refractivity contribution in [3.8, 4) is 0 Å². The maximum Gasteiger partial charge on any atom is 0.321 e. The van der Waals surface area contributed by atoms with Crippen molar-refractivity contribution in [1.29, 1.82) is 0 Å². The van der Waals surface area contributed by atoms with E-state index in [1.807, 2.05) is 32.0 Å². The van der Waals surface area contributed by atoms with E-state index in [9.17, 15) is 4.79 Å². The molecule has 1 aromatic carbocycles. The number of hydrogen-bond acceptors (Lipinski definition) is 1. The fraction of sp³-hybridized carbons (Fsp3) is 0.364. The Kier molecular flexibility index (Phi) is 3.53. The van der Waals surface area contributed by atoms with E-state index in [-0.39, 0.29) is 0 Å². The number of carbonyl (C=O) groups is 1. The third kappa shape index (κ3) is 2.48. The molecule has 0 heterocycles. The van der Waals surface area contributed by atoms with Gasteiger partial charge in [-0.2, -0.15) is 0 Å². The second-order valence-corrected chi connectivity index (χ2v) is 3.91. The molecule has 0 saturated heterocycles. The average molecular weight is 213 g/mol. The standard InChI is InChI=1S/C11H13ClO2/c1-7-4-3-5-8(2)9(7)6-10(12)11(13)14/h3-5,10H,6H2,1-2H3,(H,13,14). The molecule has 0 amide bonds. The zero-order valence-electron chi connectivity index (χ0n) is 8.25. The van der Waals surface area contributed by atoms with Gasteiger partial charge in [-0.3, -0.25) is 4.79 Å². The number of hydrogen-bond donors (Lipinski definition) is 1. The molecule has 0 bridgehead atoms. The zero-order valence-corrected chi connectivity index (χ0v) is 9.01. The molecule has 0 radical (unpaired) electrons. The molecule has 0 aromatic heterocycles. The normalized spacial score (nSPS) is 12.5. The Morgan fingerprint density at radius 2 is 1.93 bits per heavy atom. The van der Waals surface area contributed by atoms with Gasteiger partial charge in [0.1, 0.15) is 5.38 Å². The molecule has 0 aliphatic heterocycles. The molecule has 0 aliphatic carbocycles. The van der Waals surface area contributed by atoms with Gasteiger partial charge in [-0.05, 0) is 37.0 Å². The molecule has 0 aliphatic rings. The maximum absolute atomic E-state index is 10.6. The maximum atomic E-state index is 10.6. The predicted molar refractivity (Wildman–Crippen MR) is 56.9 cm³/mol. The molecule has 1 rings (SSSR count). The summed E-state index contributed by atoms with van der Waals surface area (Å²) in [6.07, 6.45) is 0.384. The lowest BCUT2D eigenvalue weighted by Crippen LogP contribution is -2.17. The average Bonchev–Trinajstić information content (AvgIpc) is 2.11. The number of halogens is 1. The van der Waals surface area contributed by atoms with Crippen molar-refractivity contribution >= 4 is 17.6 Å². The van der Waals surface area contributed by atoms with E-state index in [1.165, 1.54) is 0 Å². The van der Waals surface area contributed by atoms with E-state index in [0.717, 1.165) is 16.7 Å². The fourth-order valence-electron chi connectivity index (χ4n) is 1.44. The summed E-state index contributed by atoms with van der Waals surface area (Å²) in [5.41, 5.74) is 3.23. The van der Waals surface area contributed by atoms with E-state index in [4.69, 9.17) is 16.7 Å². The molecule has 0 spiro atoms. The summed E-state index contributed by atoms with van der Waals surface area (Å²) in [4.78, 5) is 10.6. The fourth-order valence-corrected chi connectivity index (χ4v) is 1.59. The second kappa shape index (κ2) is 4.47. The van der Waals surface area contributed by atoms with Crippen LogP contribution in [0.1, 0.15) is 16.7 Å². The molecule has 2 nitrogen and oxygen atoms in total. The highest BCUT2D eigenvalue weighted by Crippen LogP contribution is 2.17. The number of carboxylic acids is 1. The SMILES string of the molecule is Cc1cccc(C)c1CC(Cl)C(=O)O. The van der Waals surface area contributed by atoms with Gasteiger partial charge in [0, 0.05) is 0 Å². The molecule has 14 heavy (non-hydrogen) atoms. The number of rotatable bonds is 3. The quantitative estimate of drug-likeness (QED) is 0.782. The number of carboxylic acid groups (broad SMARTS) is 1. The van der Waals surface area contributed by atoms with Crippen LogP contribution in [0.15, 0.2) is 18.2 Å². The third-order valence-corrected chi connectivity index (χ3v) is 2.64. The highest BCUT2D eigenvalue weighted by atomic mass is 35.5. The minimum atomic E-state index is -0.964. The Labute approximate surface area is 88.5 Å². The van der Waals surface area contributed by atoms with E-state index in [1.54, 1.807) is 0 Å². The Balaban J connectivity index is 2.91. The molecule has 1 atom stereocenters. The summed E-state index contributed by atoms with van der Waals surface area (Å²) >= 11 is 5.69. The predicted octanol–water partition coefficient (Wildman–Crippen LogP) is 2.54. The van der Waals surface area contributed by atoms with Crippen LogP contribution in [0.5, 0.6) is 0 Å². The summed E-state index contributed by atoms with van der Waals surface area (Å²) in [5, 5.41) is 7.86. The van der Waals surface area contributed by atoms with Crippen LogP contribution >= 0.6 is 11.6 Å². The van der Waals surface area contributed by atoms with Crippen LogP contribution in [-0.4, -0.2) is 16.5 Å². The van der Waals surface area contributed by atoms with Crippen molar-refractivity contribution in [3.63, 3.8) is 0 Å². The summed E-state index contributed by atoms with van der Waals surface area (Å²) in [6.45, 7) is 3.93. The second-order valence-electron chi connectivity index (χ2n) is 3.38. The first-order valence-corrected chi connectivity index (χ1v) is 4.88. The van der Waals surface area contributed by atoms with Crippen LogP contribution in [0.4, 0.5) is 0 Å². The summed E-state index contributed by atoms with van der Waals surface area (Å²) in [6, 6.07) is 5.89. The summed E-state index contributed by atoms with van der Waals surface area (Å²) < 4.78 is 0. The molecule has 1 N–H and O–H groups in total. The van der Waals surface area contributed by atoms with Gasteiger partial charge in [-0.15, -0.1) is 11.6 Å². The number of alkyl halides is 1. The first-order chi connectivity index (χ1) is 6.52. The Bertz CT molecular complexity index is 327. The molecule has 76 valence electrons. The molecule has 3 heteroatoms. The van der Waals surface area contributed by atoms with Crippen LogP contribution in [0.25, 0.3) is 0 Å². The highest BCUT2D eigenvalue weighted by Gasteiger charge is 2.16.